The minimum absolute atomic E-state index is 0.213. The zero-order valence-electron chi connectivity index (χ0n) is 16.3. The van der Waals surface area contributed by atoms with Gasteiger partial charge in [-0.15, -0.1) is 0 Å². The SMILES string of the molecule is Fc1ccc(Cc2nsc(NC3CC4(CC(NCc5ccccc5)C4)C3)n2)cc1. The van der Waals surface area contributed by atoms with Gasteiger partial charge < -0.3 is 10.6 Å². The van der Waals surface area contributed by atoms with Crippen LogP contribution in [0, 0.1) is 11.2 Å². The van der Waals surface area contributed by atoms with Crippen molar-refractivity contribution in [3.63, 3.8) is 0 Å². The summed E-state index contributed by atoms with van der Waals surface area (Å²) in [5, 5.41) is 8.15. The minimum Gasteiger partial charge on any atom is -0.358 e. The van der Waals surface area contributed by atoms with Crippen LogP contribution in [0.5, 0.6) is 0 Å². The van der Waals surface area contributed by atoms with Crippen LogP contribution in [0.15, 0.2) is 54.6 Å². The standard InChI is InChI=1S/C23H25FN4S/c24-18-8-6-16(7-9-18)10-21-27-22(29-28-21)26-20-13-23(14-20)11-19(12-23)25-15-17-4-2-1-3-5-17/h1-9,19-20,25H,10-15H2,(H,26,27,28). The second-order valence-corrected chi connectivity index (χ2v) is 9.29. The Bertz CT molecular complexity index is 943. The zero-order valence-corrected chi connectivity index (χ0v) is 17.1. The van der Waals surface area contributed by atoms with Crippen LogP contribution in [0.4, 0.5) is 9.52 Å². The Balaban J connectivity index is 1.05. The molecule has 0 atom stereocenters. The molecule has 0 saturated heterocycles. The number of hydrogen-bond acceptors (Lipinski definition) is 5. The third-order valence-corrected chi connectivity index (χ3v) is 6.91. The predicted octanol–water partition coefficient (Wildman–Crippen LogP) is 4.78. The molecule has 2 N–H and O–H groups in total. The van der Waals surface area contributed by atoms with E-state index < -0.39 is 0 Å². The van der Waals surface area contributed by atoms with Crippen molar-refractivity contribution >= 4 is 16.7 Å². The van der Waals surface area contributed by atoms with Crippen molar-refractivity contribution < 1.29 is 4.39 Å². The van der Waals surface area contributed by atoms with E-state index in [4.69, 9.17) is 0 Å². The lowest BCUT2D eigenvalue weighted by molar-refractivity contribution is -0.0125. The van der Waals surface area contributed by atoms with Gasteiger partial charge in [0.25, 0.3) is 0 Å². The van der Waals surface area contributed by atoms with Gasteiger partial charge in [0.05, 0.1) is 0 Å². The normalized spacial score (nSPS) is 25.4. The number of nitrogens with one attached hydrogen (secondary N) is 2. The summed E-state index contributed by atoms with van der Waals surface area (Å²) in [4.78, 5) is 4.61. The third kappa shape index (κ3) is 4.33. The molecule has 0 bridgehead atoms. The Kier molecular flexibility index (Phi) is 5.06. The minimum atomic E-state index is -0.213. The molecule has 0 radical (unpaired) electrons. The average Bonchev–Trinajstić information content (AvgIpc) is 3.11. The highest BCUT2D eigenvalue weighted by Gasteiger charge is 2.52. The second kappa shape index (κ2) is 7.84. The molecule has 2 aliphatic rings. The molecule has 0 aliphatic heterocycles. The lowest BCUT2D eigenvalue weighted by Gasteiger charge is -2.58. The molecule has 0 unspecified atom stereocenters. The predicted molar refractivity (Wildman–Crippen MR) is 114 cm³/mol. The molecule has 2 fully saturated rings. The van der Waals surface area contributed by atoms with Crippen molar-refractivity contribution in [2.45, 2.75) is 50.7 Å². The molecule has 1 heterocycles. The number of hydrogen-bond donors (Lipinski definition) is 2. The summed E-state index contributed by atoms with van der Waals surface area (Å²) in [6.07, 6.45) is 5.66. The summed E-state index contributed by atoms with van der Waals surface area (Å²) in [6.45, 7) is 0.963. The Morgan fingerprint density at radius 3 is 2.41 bits per heavy atom. The number of aromatic nitrogens is 2. The molecule has 1 spiro atoms. The van der Waals surface area contributed by atoms with Gasteiger partial charge in [-0.25, -0.2) is 9.37 Å². The lowest BCUT2D eigenvalue weighted by Crippen LogP contribution is -2.58. The molecule has 2 aliphatic carbocycles. The van der Waals surface area contributed by atoms with Crippen LogP contribution in [-0.2, 0) is 13.0 Å². The van der Waals surface area contributed by atoms with Crippen LogP contribution in [0.3, 0.4) is 0 Å². The number of anilines is 1. The van der Waals surface area contributed by atoms with Crippen molar-refractivity contribution in [2.75, 3.05) is 5.32 Å². The van der Waals surface area contributed by atoms with E-state index in [0.29, 0.717) is 23.9 Å². The van der Waals surface area contributed by atoms with Crippen LogP contribution in [-0.4, -0.2) is 21.4 Å². The summed E-state index contributed by atoms with van der Waals surface area (Å²) >= 11 is 1.42. The van der Waals surface area contributed by atoms with E-state index in [2.05, 4.69) is 50.3 Å². The number of halogens is 1. The third-order valence-electron chi connectivity index (χ3n) is 6.23. The van der Waals surface area contributed by atoms with Crippen LogP contribution >= 0.6 is 11.5 Å². The summed E-state index contributed by atoms with van der Waals surface area (Å²) in [5.74, 6) is 0.585. The van der Waals surface area contributed by atoms with Crippen molar-refractivity contribution in [2.24, 2.45) is 5.41 Å². The maximum atomic E-state index is 13.0. The molecular formula is C23H25FN4S. The van der Waals surface area contributed by atoms with Gasteiger partial charge in [0, 0.05) is 36.6 Å². The highest BCUT2D eigenvalue weighted by atomic mass is 32.1. The maximum Gasteiger partial charge on any atom is 0.202 e. The first-order valence-corrected chi connectivity index (χ1v) is 11.0. The highest BCUT2D eigenvalue weighted by Crippen LogP contribution is 2.56. The summed E-state index contributed by atoms with van der Waals surface area (Å²) < 4.78 is 17.5. The first-order valence-electron chi connectivity index (χ1n) is 10.3. The average molecular weight is 409 g/mol. The fraction of sp³-hybridized carbons (Fsp3) is 0.391. The summed E-state index contributed by atoms with van der Waals surface area (Å²) in [5.41, 5.74) is 2.92. The Morgan fingerprint density at radius 2 is 1.66 bits per heavy atom. The van der Waals surface area contributed by atoms with Gasteiger partial charge in [0.1, 0.15) is 11.6 Å². The Hall–Kier alpha value is -2.31. The molecule has 2 saturated carbocycles. The van der Waals surface area contributed by atoms with E-state index in [1.165, 1.54) is 54.9 Å². The fourth-order valence-electron chi connectivity index (χ4n) is 4.75. The maximum absolute atomic E-state index is 13.0. The molecule has 1 aromatic heterocycles. The van der Waals surface area contributed by atoms with Crippen LogP contribution < -0.4 is 10.6 Å². The van der Waals surface area contributed by atoms with E-state index in [-0.39, 0.29) is 5.82 Å². The van der Waals surface area contributed by atoms with E-state index in [9.17, 15) is 4.39 Å². The lowest BCUT2D eigenvalue weighted by atomic mass is 9.52. The van der Waals surface area contributed by atoms with Crippen LogP contribution in [0.2, 0.25) is 0 Å². The Morgan fingerprint density at radius 1 is 0.931 bits per heavy atom. The first-order chi connectivity index (χ1) is 14.2. The zero-order chi connectivity index (χ0) is 19.7. The molecule has 3 aromatic rings. The van der Waals surface area contributed by atoms with E-state index in [0.717, 1.165) is 23.1 Å². The quantitative estimate of drug-likeness (QED) is 0.591. The monoisotopic (exact) mass is 408 g/mol. The largest absolute Gasteiger partial charge is 0.358 e. The van der Waals surface area contributed by atoms with Crippen molar-refractivity contribution in [1.29, 1.82) is 0 Å². The summed E-state index contributed by atoms with van der Waals surface area (Å²) in [7, 11) is 0. The molecule has 29 heavy (non-hydrogen) atoms. The van der Waals surface area contributed by atoms with Gasteiger partial charge in [-0.05, 0) is 54.4 Å². The molecule has 4 nitrogen and oxygen atoms in total. The van der Waals surface area contributed by atoms with E-state index in [1.54, 1.807) is 12.1 Å². The van der Waals surface area contributed by atoms with E-state index >= 15 is 0 Å². The van der Waals surface area contributed by atoms with Crippen molar-refractivity contribution in [3.05, 3.63) is 77.4 Å². The van der Waals surface area contributed by atoms with Gasteiger partial charge in [0.2, 0.25) is 5.13 Å². The van der Waals surface area contributed by atoms with Gasteiger partial charge >= 0.3 is 0 Å². The molecule has 150 valence electrons. The topological polar surface area (TPSA) is 49.8 Å². The molecule has 5 rings (SSSR count). The molecule has 2 aromatic carbocycles. The molecule has 6 heteroatoms. The second-order valence-electron chi connectivity index (χ2n) is 8.54. The van der Waals surface area contributed by atoms with Crippen molar-refractivity contribution in [3.8, 4) is 0 Å². The Labute approximate surface area is 174 Å². The van der Waals surface area contributed by atoms with Gasteiger partial charge in [0.15, 0.2) is 0 Å². The smallest absolute Gasteiger partial charge is 0.202 e. The van der Waals surface area contributed by atoms with Gasteiger partial charge in [-0.3, -0.25) is 0 Å². The molecular weight excluding hydrogens is 383 g/mol. The molecule has 0 amide bonds. The summed E-state index contributed by atoms with van der Waals surface area (Å²) in [6, 6.07) is 18.3. The van der Waals surface area contributed by atoms with Gasteiger partial charge in [-0.2, -0.15) is 4.37 Å². The van der Waals surface area contributed by atoms with Gasteiger partial charge in [-0.1, -0.05) is 42.5 Å². The number of benzene rings is 2. The van der Waals surface area contributed by atoms with Crippen molar-refractivity contribution in [1.82, 2.24) is 14.7 Å². The number of rotatable bonds is 7. The number of nitrogens with zero attached hydrogens (tertiary/aromatic N) is 2. The van der Waals surface area contributed by atoms with E-state index in [1.807, 2.05) is 0 Å². The van der Waals surface area contributed by atoms with Crippen LogP contribution in [0.1, 0.15) is 42.6 Å². The fourth-order valence-corrected chi connectivity index (χ4v) is 5.42. The highest BCUT2D eigenvalue weighted by molar-refractivity contribution is 7.09. The first kappa shape index (κ1) is 18.7. The van der Waals surface area contributed by atoms with Crippen LogP contribution in [0.25, 0.3) is 0 Å².